The fourth-order valence-electron chi connectivity index (χ4n) is 3.86. The van der Waals surface area contributed by atoms with Gasteiger partial charge in [0.05, 0.1) is 6.54 Å². The van der Waals surface area contributed by atoms with Gasteiger partial charge in [0, 0.05) is 18.0 Å². The summed E-state index contributed by atoms with van der Waals surface area (Å²) < 4.78 is 0. The summed E-state index contributed by atoms with van der Waals surface area (Å²) in [4.78, 5) is 31.7. The monoisotopic (exact) mass is 356 g/mol. The van der Waals surface area contributed by atoms with Gasteiger partial charge in [0.2, 0.25) is 0 Å². The summed E-state index contributed by atoms with van der Waals surface area (Å²) in [6.07, 6.45) is 5.07. The molecule has 7 heteroatoms. The van der Waals surface area contributed by atoms with Gasteiger partial charge in [-0.3, -0.25) is 14.7 Å². The summed E-state index contributed by atoms with van der Waals surface area (Å²) in [5, 5.41) is 10.3. The summed E-state index contributed by atoms with van der Waals surface area (Å²) in [7, 11) is 0. The molecular formula is C18H20N4O2S. The standard InChI is InChI=1S/C18H20N4O2S/c23-16-18(14-3-7-19-8-4-14,15-2-1-6-20-10-15)21-17(24)22(16)11-13-5-9-25-12-13/h1-2,5-6,9-10,12,14,19H,3-4,7-8,11H2,(H,21,24). The molecule has 4 heterocycles. The van der Waals surface area contributed by atoms with Gasteiger partial charge in [-0.25, -0.2) is 4.79 Å². The molecule has 0 spiro atoms. The van der Waals surface area contributed by atoms with Crippen molar-refractivity contribution in [2.24, 2.45) is 5.92 Å². The Morgan fingerprint density at radius 1 is 1.28 bits per heavy atom. The van der Waals surface area contributed by atoms with Crippen LogP contribution in [0, 0.1) is 5.92 Å². The summed E-state index contributed by atoms with van der Waals surface area (Å²) >= 11 is 1.56. The van der Waals surface area contributed by atoms with E-state index in [9.17, 15) is 9.59 Å². The van der Waals surface area contributed by atoms with E-state index >= 15 is 0 Å². The minimum atomic E-state index is -1.01. The lowest BCUT2D eigenvalue weighted by Gasteiger charge is -2.37. The largest absolute Gasteiger partial charge is 0.325 e. The van der Waals surface area contributed by atoms with Crippen molar-refractivity contribution in [1.29, 1.82) is 0 Å². The Bertz CT molecular complexity index is 759. The van der Waals surface area contributed by atoms with Crippen molar-refractivity contribution in [3.63, 3.8) is 0 Å². The minimum absolute atomic E-state index is 0.0573. The van der Waals surface area contributed by atoms with E-state index in [1.54, 1.807) is 23.7 Å². The first-order valence-corrected chi connectivity index (χ1v) is 9.42. The summed E-state index contributed by atoms with van der Waals surface area (Å²) in [6, 6.07) is 5.33. The highest BCUT2D eigenvalue weighted by Gasteiger charge is 2.56. The van der Waals surface area contributed by atoms with E-state index in [2.05, 4.69) is 15.6 Å². The Kier molecular flexibility index (Phi) is 4.27. The quantitative estimate of drug-likeness (QED) is 0.823. The van der Waals surface area contributed by atoms with Crippen molar-refractivity contribution in [2.45, 2.75) is 24.9 Å². The molecule has 0 aliphatic carbocycles. The zero-order valence-electron chi connectivity index (χ0n) is 13.8. The van der Waals surface area contributed by atoms with Gasteiger partial charge >= 0.3 is 6.03 Å². The Hall–Kier alpha value is -2.25. The third kappa shape index (κ3) is 2.73. The lowest BCUT2D eigenvalue weighted by molar-refractivity contribution is -0.134. The Labute approximate surface area is 150 Å². The molecule has 2 saturated heterocycles. The van der Waals surface area contributed by atoms with E-state index in [1.165, 1.54) is 4.90 Å². The van der Waals surface area contributed by atoms with Gasteiger partial charge in [0.15, 0.2) is 5.54 Å². The molecule has 0 bridgehead atoms. The van der Waals surface area contributed by atoms with Crippen LogP contribution in [0.1, 0.15) is 24.0 Å². The highest BCUT2D eigenvalue weighted by molar-refractivity contribution is 7.07. The lowest BCUT2D eigenvalue weighted by Crippen LogP contribution is -2.53. The number of thiophene rings is 1. The molecular weight excluding hydrogens is 336 g/mol. The number of carbonyl (C=O) groups excluding carboxylic acids is 2. The van der Waals surface area contributed by atoms with Crippen LogP contribution < -0.4 is 10.6 Å². The fourth-order valence-corrected chi connectivity index (χ4v) is 4.52. The maximum Gasteiger partial charge on any atom is 0.325 e. The van der Waals surface area contributed by atoms with Crippen LogP contribution in [0.25, 0.3) is 0 Å². The predicted molar refractivity (Wildman–Crippen MR) is 94.9 cm³/mol. The average molecular weight is 356 g/mol. The second-order valence-corrected chi connectivity index (χ2v) is 7.31. The molecule has 130 valence electrons. The zero-order chi connectivity index (χ0) is 17.3. The third-order valence-electron chi connectivity index (χ3n) is 5.12. The van der Waals surface area contributed by atoms with Gasteiger partial charge in [-0.15, -0.1) is 0 Å². The van der Waals surface area contributed by atoms with Gasteiger partial charge in [-0.05, 0) is 60.3 Å². The molecule has 1 atom stereocenters. The molecule has 2 fully saturated rings. The first kappa shape index (κ1) is 16.2. The van der Waals surface area contributed by atoms with Crippen molar-refractivity contribution >= 4 is 23.3 Å². The van der Waals surface area contributed by atoms with E-state index in [4.69, 9.17) is 0 Å². The number of nitrogens with one attached hydrogen (secondary N) is 2. The van der Waals surface area contributed by atoms with Crippen LogP contribution in [0.4, 0.5) is 4.79 Å². The molecule has 2 aliphatic heterocycles. The molecule has 4 rings (SSSR count). The Morgan fingerprint density at radius 3 is 2.80 bits per heavy atom. The highest BCUT2D eigenvalue weighted by atomic mass is 32.1. The third-order valence-corrected chi connectivity index (χ3v) is 5.85. The number of urea groups is 1. The van der Waals surface area contributed by atoms with E-state index in [1.807, 2.05) is 29.0 Å². The number of amides is 3. The van der Waals surface area contributed by atoms with Crippen LogP contribution >= 0.6 is 11.3 Å². The van der Waals surface area contributed by atoms with Crippen molar-refractivity contribution in [1.82, 2.24) is 20.5 Å². The molecule has 25 heavy (non-hydrogen) atoms. The summed E-state index contributed by atoms with van der Waals surface area (Å²) in [5.74, 6) is -0.106. The SMILES string of the molecule is O=C1NC(c2cccnc2)(C2CCNCC2)C(=O)N1Cc1ccsc1. The highest BCUT2D eigenvalue weighted by Crippen LogP contribution is 2.40. The Morgan fingerprint density at radius 2 is 2.12 bits per heavy atom. The normalized spacial score (nSPS) is 24.6. The molecule has 0 saturated carbocycles. The van der Waals surface area contributed by atoms with Crippen LogP contribution in [-0.4, -0.2) is 34.9 Å². The van der Waals surface area contributed by atoms with E-state index in [0.29, 0.717) is 6.54 Å². The molecule has 2 aromatic heterocycles. The second-order valence-electron chi connectivity index (χ2n) is 6.53. The maximum atomic E-state index is 13.5. The number of aromatic nitrogens is 1. The molecule has 3 amide bonds. The number of rotatable bonds is 4. The summed E-state index contributed by atoms with van der Waals surface area (Å²) in [6.45, 7) is 2.00. The van der Waals surface area contributed by atoms with Crippen molar-refractivity contribution in [2.75, 3.05) is 13.1 Å². The van der Waals surface area contributed by atoms with Gasteiger partial charge in [-0.1, -0.05) is 6.07 Å². The topological polar surface area (TPSA) is 74.3 Å². The van der Waals surface area contributed by atoms with Gasteiger partial charge in [0.1, 0.15) is 0 Å². The molecule has 1 unspecified atom stereocenters. The van der Waals surface area contributed by atoms with E-state index in [0.717, 1.165) is 37.1 Å². The first-order valence-electron chi connectivity index (χ1n) is 8.48. The number of pyridine rings is 1. The molecule has 2 aromatic rings. The number of hydrogen-bond donors (Lipinski definition) is 2. The smallest absolute Gasteiger partial charge is 0.319 e. The number of imide groups is 1. The lowest BCUT2D eigenvalue weighted by atomic mass is 9.74. The van der Waals surface area contributed by atoms with Crippen molar-refractivity contribution in [3.05, 3.63) is 52.5 Å². The molecule has 0 aromatic carbocycles. The molecule has 2 aliphatic rings. The summed E-state index contributed by atoms with van der Waals surface area (Å²) in [5.41, 5.74) is 0.734. The fraction of sp³-hybridized carbons (Fsp3) is 0.389. The molecule has 6 nitrogen and oxygen atoms in total. The molecule has 0 radical (unpaired) electrons. The van der Waals surface area contributed by atoms with Crippen LogP contribution in [0.2, 0.25) is 0 Å². The van der Waals surface area contributed by atoms with Gasteiger partial charge in [0.25, 0.3) is 5.91 Å². The van der Waals surface area contributed by atoms with E-state index < -0.39 is 5.54 Å². The first-order chi connectivity index (χ1) is 12.2. The van der Waals surface area contributed by atoms with Crippen LogP contribution in [-0.2, 0) is 16.9 Å². The molecule has 2 N–H and O–H groups in total. The van der Waals surface area contributed by atoms with E-state index in [-0.39, 0.29) is 17.9 Å². The number of carbonyl (C=O) groups is 2. The van der Waals surface area contributed by atoms with Crippen LogP contribution in [0.5, 0.6) is 0 Å². The van der Waals surface area contributed by atoms with Gasteiger partial charge < -0.3 is 10.6 Å². The van der Waals surface area contributed by atoms with Crippen LogP contribution in [0.15, 0.2) is 41.4 Å². The maximum absolute atomic E-state index is 13.5. The number of hydrogen-bond acceptors (Lipinski definition) is 5. The minimum Gasteiger partial charge on any atom is -0.319 e. The van der Waals surface area contributed by atoms with Gasteiger partial charge in [-0.2, -0.15) is 11.3 Å². The number of nitrogens with zero attached hydrogens (tertiary/aromatic N) is 2. The average Bonchev–Trinajstić information content (AvgIpc) is 3.26. The van der Waals surface area contributed by atoms with Crippen molar-refractivity contribution in [3.8, 4) is 0 Å². The van der Waals surface area contributed by atoms with Crippen molar-refractivity contribution < 1.29 is 9.59 Å². The van der Waals surface area contributed by atoms with Crippen LogP contribution in [0.3, 0.4) is 0 Å². The zero-order valence-corrected chi connectivity index (χ0v) is 14.6. The Balaban J connectivity index is 1.73. The number of piperidine rings is 1. The second kappa shape index (κ2) is 6.57. The predicted octanol–water partition coefficient (Wildman–Crippen LogP) is 2.09.